The van der Waals surface area contributed by atoms with E-state index in [4.69, 9.17) is 9.47 Å². The van der Waals surface area contributed by atoms with E-state index in [0.29, 0.717) is 13.0 Å². The highest BCUT2D eigenvalue weighted by Crippen LogP contribution is 2.31. The molecular weight excluding hydrogens is 318 g/mol. The molecule has 1 atom stereocenters. The lowest BCUT2D eigenvalue weighted by atomic mass is 10.0. The number of benzene rings is 2. The minimum atomic E-state index is -0.550. The van der Waals surface area contributed by atoms with Crippen LogP contribution in [0, 0.1) is 0 Å². The normalized spacial score (nSPS) is 15.9. The Morgan fingerprint density at radius 1 is 1.12 bits per heavy atom. The van der Waals surface area contributed by atoms with Crippen LogP contribution >= 0.6 is 0 Å². The van der Waals surface area contributed by atoms with E-state index in [0.717, 1.165) is 16.9 Å². The lowest BCUT2D eigenvalue weighted by molar-refractivity contribution is -0.144. The van der Waals surface area contributed by atoms with Crippen LogP contribution < -0.4 is 10.1 Å². The van der Waals surface area contributed by atoms with Crippen molar-refractivity contribution in [3.05, 3.63) is 71.8 Å². The molecule has 0 bridgehead atoms. The maximum Gasteiger partial charge on any atom is 0.331 e. The molecule has 1 N–H and O–H groups in total. The molecule has 0 saturated heterocycles. The molecule has 1 aliphatic rings. The highest BCUT2D eigenvalue weighted by atomic mass is 16.5. The number of nitrogens with one attached hydrogen (secondary N) is 1. The van der Waals surface area contributed by atoms with Crippen molar-refractivity contribution < 1.29 is 19.1 Å². The van der Waals surface area contributed by atoms with Crippen molar-refractivity contribution in [3.8, 4) is 5.75 Å². The van der Waals surface area contributed by atoms with E-state index >= 15 is 0 Å². The summed E-state index contributed by atoms with van der Waals surface area (Å²) in [5, 5.41) is 2.88. The van der Waals surface area contributed by atoms with Crippen molar-refractivity contribution in [2.45, 2.75) is 12.5 Å². The number of carbonyl (C=O) groups excluding carboxylic acids is 2. The second-order valence-electron chi connectivity index (χ2n) is 5.65. The number of rotatable bonds is 5. The maximum absolute atomic E-state index is 12.0. The smallest absolute Gasteiger partial charge is 0.331 e. The molecule has 1 heterocycles. The van der Waals surface area contributed by atoms with Gasteiger partial charge in [-0.3, -0.25) is 4.79 Å². The molecule has 0 radical (unpaired) electrons. The minimum absolute atomic E-state index is 0.129. The third-order valence-electron chi connectivity index (χ3n) is 3.85. The van der Waals surface area contributed by atoms with Crippen molar-refractivity contribution >= 4 is 18.0 Å². The number of hydrogen-bond donors (Lipinski definition) is 1. The molecule has 1 unspecified atom stereocenters. The molecule has 3 rings (SSSR count). The highest BCUT2D eigenvalue weighted by molar-refractivity contribution is 5.89. The molecule has 0 aromatic heterocycles. The first-order valence-electron chi connectivity index (χ1n) is 8.13. The third kappa shape index (κ3) is 4.70. The molecule has 2 aromatic rings. The van der Waals surface area contributed by atoms with Crippen LogP contribution in [-0.4, -0.2) is 25.1 Å². The number of para-hydroxylation sites is 1. The molecule has 25 heavy (non-hydrogen) atoms. The Kier molecular flexibility index (Phi) is 5.46. The summed E-state index contributed by atoms with van der Waals surface area (Å²) in [5.41, 5.74) is 1.83. The molecule has 1 aliphatic heterocycles. The largest absolute Gasteiger partial charge is 0.493 e. The first-order valence-corrected chi connectivity index (χ1v) is 8.13. The monoisotopic (exact) mass is 337 g/mol. The predicted molar refractivity (Wildman–Crippen MR) is 93.9 cm³/mol. The van der Waals surface area contributed by atoms with Crippen LogP contribution in [0.5, 0.6) is 5.75 Å². The van der Waals surface area contributed by atoms with Crippen molar-refractivity contribution in [2.24, 2.45) is 0 Å². The summed E-state index contributed by atoms with van der Waals surface area (Å²) in [6.45, 7) is 0.235. The van der Waals surface area contributed by atoms with Gasteiger partial charge >= 0.3 is 5.97 Å². The van der Waals surface area contributed by atoms with E-state index in [9.17, 15) is 9.59 Å². The first kappa shape index (κ1) is 16.8. The van der Waals surface area contributed by atoms with Gasteiger partial charge in [-0.25, -0.2) is 4.79 Å². The van der Waals surface area contributed by atoms with E-state index < -0.39 is 5.97 Å². The van der Waals surface area contributed by atoms with Gasteiger partial charge in [-0.2, -0.15) is 0 Å². The van der Waals surface area contributed by atoms with Gasteiger partial charge in [0.05, 0.1) is 12.6 Å². The summed E-state index contributed by atoms with van der Waals surface area (Å²) in [6, 6.07) is 16.9. The Hall–Kier alpha value is -3.08. The SMILES string of the molecule is O=C(COC(=O)/C=C/c1ccccc1)NC1CCOc2ccccc21. The molecule has 128 valence electrons. The lowest BCUT2D eigenvalue weighted by Crippen LogP contribution is -2.34. The fraction of sp³-hybridized carbons (Fsp3) is 0.200. The molecule has 0 fully saturated rings. The number of amides is 1. The molecule has 1 amide bonds. The number of ether oxygens (including phenoxy) is 2. The Balaban J connectivity index is 1.49. The number of fused-ring (bicyclic) bond motifs is 1. The fourth-order valence-electron chi connectivity index (χ4n) is 2.64. The number of hydrogen-bond acceptors (Lipinski definition) is 4. The second kappa shape index (κ2) is 8.15. The van der Waals surface area contributed by atoms with Gasteiger partial charge in [-0.15, -0.1) is 0 Å². The summed E-state index contributed by atoms with van der Waals surface area (Å²) in [5.74, 6) is -0.101. The number of esters is 1. The third-order valence-corrected chi connectivity index (χ3v) is 3.85. The molecule has 5 nitrogen and oxygen atoms in total. The van der Waals surface area contributed by atoms with Gasteiger partial charge in [-0.1, -0.05) is 48.5 Å². The van der Waals surface area contributed by atoms with Gasteiger partial charge in [0.25, 0.3) is 5.91 Å². The van der Waals surface area contributed by atoms with Gasteiger partial charge in [0.1, 0.15) is 5.75 Å². The van der Waals surface area contributed by atoms with Crippen LogP contribution in [0.25, 0.3) is 6.08 Å². The molecule has 0 aliphatic carbocycles. The van der Waals surface area contributed by atoms with Crippen molar-refractivity contribution in [1.82, 2.24) is 5.32 Å². The van der Waals surface area contributed by atoms with E-state index in [-0.39, 0.29) is 18.6 Å². The number of carbonyl (C=O) groups is 2. The van der Waals surface area contributed by atoms with Crippen LogP contribution in [0.15, 0.2) is 60.7 Å². The van der Waals surface area contributed by atoms with Crippen molar-refractivity contribution in [3.63, 3.8) is 0 Å². The molecule has 0 spiro atoms. The molecule has 2 aromatic carbocycles. The highest BCUT2D eigenvalue weighted by Gasteiger charge is 2.22. The molecule has 0 saturated carbocycles. The summed E-state index contributed by atoms with van der Waals surface area (Å²) in [7, 11) is 0. The molecular formula is C20H19NO4. The van der Waals surface area contributed by atoms with Gasteiger partial charge in [-0.05, 0) is 17.7 Å². The first-order chi connectivity index (χ1) is 12.2. The van der Waals surface area contributed by atoms with Gasteiger partial charge < -0.3 is 14.8 Å². The summed E-state index contributed by atoms with van der Waals surface area (Å²) >= 11 is 0. The van der Waals surface area contributed by atoms with Gasteiger partial charge in [0.15, 0.2) is 6.61 Å². The van der Waals surface area contributed by atoms with Crippen LogP contribution in [-0.2, 0) is 14.3 Å². The van der Waals surface area contributed by atoms with Crippen LogP contribution in [0.3, 0.4) is 0 Å². The molecule has 5 heteroatoms. The Morgan fingerprint density at radius 2 is 1.88 bits per heavy atom. The van der Waals surface area contributed by atoms with Gasteiger partial charge in [0, 0.05) is 18.1 Å². The Labute approximate surface area is 146 Å². The summed E-state index contributed by atoms with van der Waals surface area (Å²) in [4.78, 5) is 23.7. The standard InChI is InChI=1S/C20H19NO4/c22-19(14-25-20(23)11-10-15-6-2-1-3-7-15)21-17-12-13-24-18-9-5-4-8-16(17)18/h1-11,17H,12-14H2,(H,21,22)/b11-10+. The van der Waals surface area contributed by atoms with E-state index in [1.54, 1.807) is 6.08 Å². The summed E-state index contributed by atoms with van der Waals surface area (Å²) < 4.78 is 10.5. The minimum Gasteiger partial charge on any atom is -0.493 e. The zero-order valence-electron chi connectivity index (χ0n) is 13.7. The average Bonchev–Trinajstić information content (AvgIpc) is 2.66. The average molecular weight is 337 g/mol. The van der Waals surface area contributed by atoms with E-state index in [1.165, 1.54) is 6.08 Å². The summed E-state index contributed by atoms with van der Waals surface area (Å²) in [6.07, 6.45) is 3.64. The zero-order chi connectivity index (χ0) is 17.5. The van der Waals surface area contributed by atoms with E-state index in [1.807, 2.05) is 54.6 Å². The Morgan fingerprint density at radius 3 is 2.72 bits per heavy atom. The zero-order valence-corrected chi connectivity index (χ0v) is 13.7. The van der Waals surface area contributed by atoms with E-state index in [2.05, 4.69) is 5.32 Å². The fourth-order valence-corrected chi connectivity index (χ4v) is 2.64. The Bertz CT molecular complexity index is 770. The second-order valence-corrected chi connectivity index (χ2v) is 5.65. The van der Waals surface area contributed by atoms with Crippen LogP contribution in [0.1, 0.15) is 23.6 Å². The van der Waals surface area contributed by atoms with Crippen LogP contribution in [0.4, 0.5) is 0 Å². The van der Waals surface area contributed by atoms with Crippen molar-refractivity contribution in [2.75, 3.05) is 13.2 Å². The topological polar surface area (TPSA) is 64.6 Å². The van der Waals surface area contributed by atoms with Crippen molar-refractivity contribution in [1.29, 1.82) is 0 Å². The van der Waals surface area contributed by atoms with Gasteiger partial charge in [0.2, 0.25) is 0 Å². The lowest BCUT2D eigenvalue weighted by Gasteiger charge is -2.26. The van der Waals surface area contributed by atoms with Crippen LogP contribution in [0.2, 0.25) is 0 Å². The maximum atomic E-state index is 12.0. The quantitative estimate of drug-likeness (QED) is 0.673. The predicted octanol–water partition coefficient (Wildman–Crippen LogP) is 2.88.